The average Bonchev–Trinajstić information content (AvgIpc) is 3.14. The van der Waals surface area contributed by atoms with E-state index in [0.717, 1.165) is 10.3 Å². The summed E-state index contributed by atoms with van der Waals surface area (Å²) >= 11 is 8.78. The van der Waals surface area contributed by atoms with Crippen LogP contribution in [0.3, 0.4) is 0 Å². The first kappa shape index (κ1) is 20.7. The summed E-state index contributed by atoms with van der Waals surface area (Å²) in [7, 11) is -3.98. The van der Waals surface area contributed by atoms with Gasteiger partial charge < -0.3 is 0 Å². The highest BCUT2D eigenvalue weighted by atomic mass is 35.5. The summed E-state index contributed by atoms with van der Waals surface area (Å²) < 4.78 is 29.8. The summed E-state index contributed by atoms with van der Waals surface area (Å²) in [6.07, 6.45) is 0. The maximum atomic E-state index is 13.2. The minimum Gasteiger partial charge on any atom is -0.255 e. The Morgan fingerprint density at radius 3 is 2.57 bits per heavy atom. The Kier molecular flexibility index (Phi) is 5.97. The molecule has 0 amide bonds. The van der Waals surface area contributed by atoms with Crippen LogP contribution in [0.25, 0.3) is 10.2 Å². The van der Waals surface area contributed by atoms with Crippen molar-refractivity contribution in [3.8, 4) is 6.07 Å². The van der Waals surface area contributed by atoms with Crippen LogP contribution in [-0.4, -0.2) is 13.4 Å². The Morgan fingerprint density at radius 2 is 1.83 bits per heavy atom. The van der Waals surface area contributed by atoms with Crippen LogP contribution in [0.15, 0.2) is 76.5 Å². The lowest BCUT2D eigenvalue weighted by Gasteiger charge is -2.12. The zero-order chi connectivity index (χ0) is 21.1. The van der Waals surface area contributed by atoms with Crippen LogP contribution in [0.5, 0.6) is 0 Å². The van der Waals surface area contributed by atoms with Crippen LogP contribution >= 0.6 is 34.7 Å². The first-order valence-corrected chi connectivity index (χ1v) is 12.4. The molecule has 0 spiro atoms. The predicted molar refractivity (Wildman–Crippen MR) is 123 cm³/mol. The molecule has 0 radical (unpaired) electrons. The largest absolute Gasteiger partial charge is 0.264 e. The van der Waals surface area contributed by atoms with E-state index in [2.05, 4.69) is 9.71 Å². The van der Waals surface area contributed by atoms with Gasteiger partial charge in [-0.2, -0.15) is 5.26 Å². The summed E-state index contributed by atoms with van der Waals surface area (Å²) in [5.41, 5.74) is 1.86. The number of sulfonamides is 1. The number of aromatic nitrogens is 1. The molecule has 0 aliphatic heterocycles. The van der Waals surface area contributed by atoms with Crippen molar-refractivity contribution in [1.29, 1.82) is 5.26 Å². The number of hydrogen-bond donors (Lipinski definition) is 1. The fraction of sp³-hybridized carbons (Fsp3) is 0.0476. The average molecular weight is 472 g/mol. The summed E-state index contributed by atoms with van der Waals surface area (Å²) in [5, 5.41) is 9.81. The molecule has 30 heavy (non-hydrogen) atoms. The zero-order valence-corrected chi connectivity index (χ0v) is 18.6. The van der Waals surface area contributed by atoms with Gasteiger partial charge in [-0.15, -0.1) is 11.8 Å². The maximum absolute atomic E-state index is 13.2. The molecule has 1 N–H and O–H groups in total. The summed E-state index contributed by atoms with van der Waals surface area (Å²) in [5.74, 6) is 0.562. The molecular weight excluding hydrogens is 458 g/mol. The van der Waals surface area contributed by atoms with Crippen molar-refractivity contribution in [2.75, 3.05) is 4.72 Å². The van der Waals surface area contributed by atoms with Crippen LogP contribution in [-0.2, 0) is 15.8 Å². The van der Waals surface area contributed by atoms with Crippen molar-refractivity contribution in [3.05, 3.63) is 82.9 Å². The van der Waals surface area contributed by atoms with Crippen LogP contribution < -0.4 is 4.72 Å². The van der Waals surface area contributed by atoms with E-state index in [9.17, 15) is 13.7 Å². The molecule has 0 fully saturated rings. The van der Waals surface area contributed by atoms with E-state index in [-0.39, 0.29) is 20.6 Å². The van der Waals surface area contributed by atoms with Crippen molar-refractivity contribution < 1.29 is 8.42 Å². The van der Waals surface area contributed by atoms with Crippen molar-refractivity contribution in [2.45, 2.75) is 15.5 Å². The molecule has 4 rings (SSSR count). The highest BCUT2D eigenvalue weighted by Crippen LogP contribution is 2.35. The number of nitrogens with zero attached hydrogens (tertiary/aromatic N) is 2. The van der Waals surface area contributed by atoms with Crippen LogP contribution in [0.1, 0.15) is 11.1 Å². The van der Waals surface area contributed by atoms with E-state index in [0.29, 0.717) is 16.2 Å². The fourth-order valence-electron chi connectivity index (χ4n) is 2.76. The molecular formula is C21H14ClN3O2S3. The number of fused-ring (bicyclic) bond motifs is 1. The number of rotatable bonds is 6. The van der Waals surface area contributed by atoms with Gasteiger partial charge in [0, 0.05) is 10.6 Å². The van der Waals surface area contributed by atoms with Crippen LogP contribution in [0, 0.1) is 11.3 Å². The Labute approximate surface area is 187 Å². The molecule has 1 heterocycles. The van der Waals surface area contributed by atoms with E-state index in [1.54, 1.807) is 0 Å². The minimum atomic E-state index is -3.98. The number of para-hydroxylation sites is 1. The summed E-state index contributed by atoms with van der Waals surface area (Å²) in [6, 6.07) is 21.9. The third-order valence-corrected chi connectivity index (χ3v) is 8.22. The molecule has 0 bridgehead atoms. The fourth-order valence-corrected chi connectivity index (χ4v) is 6.65. The number of thiazole rings is 1. The van der Waals surface area contributed by atoms with Gasteiger partial charge in [0.1, 0.15) is 11.0 Å². The van der Waals surface area contributed by atoms with Crippen molar-refractivity contribution in [1.82, 2.24) is 4.98 Å². The van der Waals surface area contributed by atoms with Gasteiger partial charge in [-0.25, -0.2) is 13.4 Å². The van der Waals surface area contributed by atoms with Gasteiger partial charge in [-0.3, -0.25) is 4.72 Å². The predicted octanol–water partition coefficient (Wildman–Crippen LogP) is 5.91. The molecule has 4 aromatic rings. The third kappa shape index (κ3) is 4.45. The summed E-state index contributed by atoms with van der Waals surface area (Å²) in [4.78, 5) is 4.81. The minimum absolute atomic E-state index is 0.00337. The highest BCUT2D eigenvalue weighted by Gasteiger charge is 2.23. The molecule has 1 aromatic heterocycles. The number of anilines is 1. The van der Waals surface area contributed by atoms with E-state index in [4.69, 9.17) is 11.6 Å². The Balaban J connectivity index is 1.70. The van der Waals surface area contributed by atoms with Gasteiger partial charge in [0.25, 0.3) is 10.0 Å². The monoisotopic (exact) mass is 471 g/mol. The lowest BCUT2D eigenvalue weighted by Crippen LogP contribution is -2.14. The molecule has 0 unspecified atom stereocenters. The van der Waals surface area contributed by atoms with E-state index in [1.165, 1.54) is 35.2 Å². The lowest BCUT2D eigenvalue weighted by atomic mass is 10.2. The topological polar surface area (TPSA) is 82.8 Å². The van der Waals surface area contributed by atoms with Crippen molar-refractivity contribution in [3.63, 3.8) is 0 Å². The second-order valence-electron chi connectivity index (χ2n) is 6.26. The molecule has 0 saturated heterocycles. The Bertz CT molecular complexity index is 1330. The molecule has 5 nitrogen and oxygen atoms in total. The van der Waals surface area contributed by atoms with Crippen LogP contribution in [0.4, 0.5) is 5.13 Å². The summed E-state index contributed by atoms with van der Waals surface area (Å²) in [6.45, 7) is 0. The SMILES string of the molecule is N#Cc1cc(S(=O)(=O)Nc2nc3ccccc3s2)c(SCc2ccccc2)cc1Cl. The molecule has 9 heteroatoms. The molecule has 150 valence electrons. The Morgan fingerprint density at radius 1 is 1.10 bits per heavy atom. The number of halogens is 1. The molecule has 0 aliphatic carbocycles. The van der Waals surface area contributed by atoms with Gasteiger partial charge in [-0.05, 0) is 29.8 Å². The standard InChI is InChI=1S/C21H14ClN3O2S3/c22-16-11-19(28-13-14-6-2-1-3-7-14)20(10-15(16)12-23)30(26,27)25-21-24-17-8-4-5-9-18(17)29-21/h1-11H,13H2,(H,24,25). The van der Waals surface area contributed by atoms with Gasteiger partial charge in [-0.1, -0.05) is 65.4 Å². The second kappa shape index (κ2) is 8.66. The first-order valence-electron chi connectivity index (χ1n) is 8.75. The maximum Gasteiger partial charge on any atom is 0.264 e. The van der Waals surface area contributed by atoms with E-state index in [1.807, 2.05) is 60.7 Å². The van der Waals surface area contributed by atoms with Crippen molar-refractivity contribution in [2.24, 2.45) is 0 Å². The quantitative estimate of drug-likeness (QED) is 0.353. The van der Waals surface area contributed by atoms with E-state index < -0.39 is 10.0 Å². The molecule has 0 saturated carbocycles. The van der Waals surface area contributed by atoms with Gasteiger partial charge in [0.05, 0.1) is 20.8 Å². The van der Waals surface area contributed by atoms with Gasteiger partial charge in [0.2, 0.25) is 0 Å². The number of thioether (sulfide) groups is 1. The van der Waals surface area contributed by atoms with Gasteiger partial charge >= 0.3 is 0 Å². The van der Waals surface area contributed by atoms with Gasteiger partial charge in [0.15, 0.2) is 5.13 Å². The number of hydrogen-bond acceptors (Lipinski definition) is 6. The van der Waals surface area contributed by atoms with Crippen LogP contribution in [0.2, 0.25) is 5.02 Å². The second-order valence-corrected chi connectivity index (χ2v) is 10.4. The van der Waals surface area contributed by atoms with Crippen molar-refractivity contribution >= 4 is 60.1 Å². The molecule has 0 atom stereocenters. The third-order valence-electron chi connectivity index (χ3n) is 4.20. The lowest BCUT2D eigenvalue weighted by molar-refractivity contribution is 0.599. The highest BCUT2D eigenvalue weighted by molar-refractivity contribution is 7.99. The molecule has 3 aromatic carbocycles. The van der Waals surface area contributed by atoms with E-state index >= 15 is 0 Å². The first-order chi connectivity index (χ1) is 14.5. The zero-order valence-electron chi connectivity index (χ0n) is 15.4. The molecule has 0 aliphatic rings. The normalized spacial score (nSPS) is 11.3. The number of nitrogens with one attached hydrogen (secondary N) is 1. The number of nitriles is 1. The number of benzene rings is 3. The Hall–Kier alpha value is -2.57. The smallest absolute Gasteiger partial charge is 0.255 e.